The number of nitrogens with zero attached hydrogens (tertiary/aromatic N) is 2. The van der Waals surface area contributed by atoms with Gasteiger partial charge in [-0.05, 0) is 35.2 Å². The maximum atomic E-state index is 5.21. The van der Waals surface area contributed by atoms with E-state index in [1.165, 1.54) is 6.42 Å². The van der Waals surface area contributed by atoms with E-state index in [-0.39, 0.29) is 0 Å². The van der Waals surface area contributed by atoms with Crippen LogP contribution < -0.4 is 0 Å². The Kier molecular flexibility index (Phi) is 2.95. The van der Waals surface area contributed by atoms with Crippen molar-refractivity contribution >= 4 is 33.5 Å². The lowest BCUT2D eigenvalue weighted by Gasteiger charge is -2.22. The van der Waals surface area contributed by atoms with E-state index >= 15 is 0 Å². The summed E-state index contributed by atoms with van der Waals surface area (Å²) in [6.07, 6.45) is 7.31. The quantitative estimate of drug-likeness (QED) is 0.619. The lowest BCUT2D eigenvalue weighted by Crippen LogP contribution is -2.18. The first-order valence-corrected chi connectivity index (χ1v) is 5.76. The van der Waals surface area contributed by atoms with Crippen LogP contribution in [0, 0.1) is 0 Å². The van der Waals surface area contributed by atoms with E-state index in [1.807, 2.05) is 0 Å². The van der Waals surface area contributed by atoms with Crippen molar-refractivity contribution in [3.8, 4) is 0 Å². The minimum absolute atomic E-state index is 0.347. The Labute approximate surface area is 88.9 Å². The van der Waals surface area contributed by atoms with Gasteiger partial charge in [-0.3, -0.25) is 0 Å². The van der Waals surface area contributed by atoms with Gasteiger partial charge in [0, 0.05) is 0 Å². The highest BCUT2D eigenvalue weighted by Crippen LogP contribution is 2.22. The standard InChI is InChI=1S/C8H9BrN2OS/c9-7-4-10-8(13-7)5-11-12-6-2-1-3-6/h4-6H,1-3H2/b11-5+. The van der Waals surface area contributed by atoms with Crippen molar-refractivity contribution in [1.82, 2.24) is 4.98 Å². The first-order valence-electron chi connectivity index (χ1n) is 4.15. The van der Waals surface area contributed by atoms with Gasteiger partial charge in [-0.1, -0.05) is 5.16 Å². The Hall–Kier alpha value is -0.420. The van der Waals surface area contributed by atoms with E-state index in [1.54, 1.807) is 23.7 Å². The van der Waals surface area contributed by atoms with Gasteiger partial charge in [0.05, 0.1) is 9.98 Å². The van der Waals surface area contributed by atoms with Crippen LogP contribution in [0.15, 0.2) is 15.1 Å². The van der Waals surface area contributed by atoms with Crippen molar-refractivity contribution in [2.45, 2.75) is 25.4 Å². The Balaban J connectivity index is 1.82. The molecular formula is C8H9BrN2OS. The van der Waals surface area contributed by atoms with Crippen LogP contribution in [-0.2, 0) is 4.84 Å². The van der Waals surface area contributed by atoms with E-state index in [0.29, 0.717) is 6.10 Å². The molecule has 0 atom stereocenters. The molecule has 0 radical (unpaired) electrons. The molecule has 5 heteroatoms. The third kappa shape index (κ3) is 2.51. The van der Waals surface area contributed by atoms with Gasteiger partial charge in [-0.2, -0.15) is 0 Å². The van der Waals surface area contributed by atoms with Crippen molar-refractivity contribution in [1.29, 1.82) is 0 Å². The largest absolute Gasteiger partial charge is 0.392 e. The zero-order valence-electron chi connectivity index (χ0n) is 6.94. The lowest BCUT2D eigenvalue weighted by molar-refractivity contribution is 0.00700. The van der Waals surface area contributed by atoms with Gasteiger partial charge in [0.2, 0.25) is 0 Å². The lowest BCUT2D eigenvalue weighted by atomic mass is 9.97. The Morgan fingerprint density at radius 1 is 1.69 bits per heavy atom. The minimum atomic E-state index is 0.347. The van der Waals surface area contributed by atoms with Crippen molar-refractivity contribution in [2.75, 3.05) is 0 Å². The number of halogens is 1. The summed E-state index contributed by atoms with van der Waals surface area (Å²) in [7, 11) is 0. The predicted molar refractivity (Wildman–Crippen MR) is 56.1 cm³/mol. The van der Waals surface area contributed by atoms with Crippen molar-refractivity contribution in [3.63, 3.8) is 0 Å². The molecule has 13 heavy (non-hydrogen) atoms. The van der Waals surface area contributed by atoms with E-state index < -0.39 is 0 Å². The second kappa shape index (κ2) is 4.19. The number of hydrogen-bond acceptors (Lipinski definition) is 4. The Bertz CT molecular complexity index is 309. The maximum Gasteiger partial charge on any atom is 0.138 e. The van der Waals surface area contributed by atoms with Gasteiger partial charge < -0.3 is 4.84 Å². The molecule has 3 nitrogen and oxygen atoms in total. The molecule has 1 aliphatic carbocycles. The van der Waals surface area contributed by atoms with Crippen LogP contribution >= 0.6 is 27.3 Å². The van der Waals surface area contributed by atoms with Crippen molar-refractivity contribution < 1.29 is 4.84 Å². The molecular weight excluding hydrogens is 252 g/mol. The molecule has 0 aliphatic heterocycles. The molecule has 1 heterocycles. The van der Waals surface area contributed by atoms with Crippen LogP contribution in [0.1, 0.15) is 24.3 Å². The summed E-state index contributed by atoms with van der Waals surface area (Å²) in [5.74, 6) is 0. The second-order valence-electron chi connectivity index (χ2n) is 2.90. The van der Waals surface area contributed by atoms with Gasteiger partial charge in [0.25, 0.3) is 0 Å². The summed E-state index contributed by atoms with van der Waals surface area (Å²) in [5.41, 5.74) is 0. The first-order chi connectivity index (χ1) is 6.34. The van der Waals surface area contributed by atoms with Crippen LogP contribution in [0.4, 0.5) is 0 Å². The number of thiazole rings is 1. The highest BCUT2D eigenvalue weighted by Gasteiger charge is 2.18. The summed E-state index contributed by atoms with van der Waals surface area (Å²) in [5, 5.41) is 4.75. The van der Waals surface area contributed by atoms with Gasteiger partial charge in [0.15, 0.2) is 0 Å². The number of rotatable bonds is 3. The zero-order valence-corrected chi connectivity index (χ0v) is 9.34. The molecule has 0 bridgehead atoms. The molecule has 0 unspecified atom stereocenters. The fraction of sp³-hybridized carbons (Fsp3) is 0.500. The van der Waals surface area contributed by atoms with Gasteiger partial charge in [0.1, 0.15) is 17.3 Å². The molecule has 1 saturated carbocycles. The maximum absolute atomic E-state index is 5.21. The van der Waals surface area contributed by atoms with Crippen LogP contribution in [0.2, 0.25) is 0 Å². The monoisotopic (exact) mass is 260 g/mol. The highest BCUT2D eigenvalue weighted by atomic mass is 79.9. The van der Waals surface area contributed by atoms with Crippen molar-refractivity contribution in [3.05, 3.63) is 15.0 Å². The van der Waals surface area contributed by atoms with Crippen LogP contribution in [0.3, 0.4) is 0 Å². The fourth-order valence-corrected chi connectivity index (χ4v) is 2.07. The number of oxime groups is 1. The molecule has 0 N–H and O–H groups in total. The number of hydrogen-bond donors (Lipinski definition) is 0. The molecule has 1 aromatic heterocycles. The minimum Gasteiger partial charge on any atom is -0.392 e. The van der Waals surface area contributed by atoms with Gasteiger partial charge in [-0.15, -0.1) is 11.3 Å². The first kappa shape index (κ1) is 9.15. The summed E-state index contributed by atoms with van der Waals surface area (Å²) >= 11 is 4.87. The third-order valence-electron chi connectivity index (χ3n) is 1.92. The highest BCUT2D eigenvalue weighted by molar-refractivity contribution is 9.11. The van der Waals surface area contributed by atoms with Gasteiger partial charge in [-0.25, -0.2) is 4.98 Å². The van der Waals surface area contributed by atoms with Gasteiger partial charge >= 0.3 is 0 Å². The normalized spacial score (nSPS) is 17.6. The number of aromatic nitrogens is 1. The predicted octanol–water partition coefficient (Wildman–Crippen LogP) is 2.81. The molecule has 70 valence electrons. The molecule has 0 saturated heterocycles. The summed E-state index contributed by atoms with van der Waals surface area (Å²) < 4.78 is 1.01. The molecule has 0 aromatic carbocycles. The topological polar surface area (TPSA) is 34.5 Å². The molecule has 0 spiro atoms. The molecule has 0 amide bonds. The van der Waals surface area contributed by atoms with Crippen LogP contribution in [0.25, 0.3) is 0 Å². The van der Waals surface area contributed by atoms with Crippen LogP contribution in [0.5, 0.6) is 0 Å². The van der Waals surface area contributed by atoms with Crippen molar-refractivity contribution in [2.24, 2.45) is 5.16 Å². The van der Waals surface area contributed by atoms with Crippen LogP contribution in [-0.4, -0.2) is 17.3 Å². The fourth-order valence-electron chi connectivity index (χ4n) is 0.964. The van der Waals surface area contributed by atoms with E-state index in [0.717, 1.165) is 21.6 Å². The molecule has 1 aliphatic rings. The smallest absolute Gasteiger partial charge is 0.138 e. The van der Waals surface area contributed by atoms with E-state index in [2.05, 4.69) is 26.1 Å². The Morgan fingerprint density at radius 3 is 3.08 bits per heavy atom. The molecule has 2 rings (SSSR count). The SMILES string of the molecule is Brc1cnc(/C=N/OC2CCC2)s1. The zero-order chi connectivity index (χ0) is 9.10. The van der Waals surface area contributed by atoms with E-state index in [9.17, 15) is 0 Å². The third-order valence-corrected chi connectivity index (χ3v) is 3.33. The Morgan fingerprint density at radius 2 is 2.54 bits per heavy atom. The summed E-state index contributed by atoms with van der Waals surface area (Å²) in [6.45, 7) is 0. The molecule has 1 fully saturated rings. The average molecular weight is 261 g/mol. The van der Waals surface area contributed by atoms with E-state index in [4.69, 9.17) is 4.84 Å². The summed E-state index contributed by atoms with van der Waals surface area (Å²) in [4.78, 5) is 9.31. The summed E-state index contributed by atoms with van der Waals surface area (Å²) in [6, 6.07) is 0. The second-order valence-corrected chi connectivity index (χ2v) is 5.34. The average Bonchev–Trinajstić information content (AvgIpc) is 2.42. The molecule has 1 aromatic rings.